The number of carbonyl (C=O) groups is 2. The quantitative estimate of drug-likeness (QED) is 0.644. The van der Waals surface area contributed by atoms with E-state index >= 15 is 0 Å². The Kier molecular flexibility index (Phi) is 5.90. The number of carbonyl (C=O) groups excluding carboxylic acids is 1. The summed E-state index contributed by atoms with van der Waals surface area (Å²) in [6, 6.07) is -0.684. The third-order valence-electron chi connectivity index (χ3n) is 3.16. The molecule has 1 aliphatic heterocycles. The molecule has 20 heavy (non-hydrogen) atoms. The smallest absolute Gasteiger partial charge is 0.308 e. The summed E-state index contributed by atoms with van der Waals surface area (Å²) in [4.78, 5) is 21.9. The second-order valence-electron chi connectivity index (χ2n) is 4.82. The lowest BCUT2D eigenvalue weighted by molar-refractivity contribution is -0.146. The summed E-state index contributed by atoms with van der Waals surface area (Å²) in [6.07, 6.45) is 0.527. The number of carboxylic acid groups (broad SMARTS) is 1. The lowest BCUT2D eigenvalue weighted by atomic mass is 9.99. The zero-order valence-electron chi connectivity index (χ0n) is 11.5. The van der Waals surface area contributed by atoms with E-state index in [-0.39, 0.29) is 31.4 Å². The van der Waals surface area contributed by atoms with Crippen molar-refractivity contribution in [2.24, 2.45) is 5.92 Å². The Bertz CT molecular complexity index is 456. The summed E-state index contributed by atoms with van der Waals surface area (Å²) in [7, 11) is -2.41. The van der Waals surface area contributed by atoms with Crippen molar-refractivity contribution in [3.8, 4) is 0 Å². The summed E-state index contributed by atoms with van der Waals surface area (Å²) >= 11 is 0. The zero-order valence-corrected chi connectivity index (χ0v) is 12.4. The van der Waals surface area contributed by atoms with Gasteiger partial charge in [0, 0.05) is 19.1 Å². The third kappa shape index (κ3) is 4.73. The van der Waals surface area contributed by atoms with Crippen LogP contribution in [0.25, 0.3) is 0 Å². The van der Waals surface area contributed by atoms with E-state index in [0.29, 0.717) is 12.8 Å². The van der Waals surface area contributed by atoms with E-state index in [1.807, 2.05) is 0 Å². The van der Waals surface area contributed by atoms with Gasteiger partial charge in [-0.05, 0) is 19.8 Å². The van der Waals surface area contributed by atoms with E-state index in [2.05, 4.69) is 9.46 Å². The van der Waals surface area contributed by atoms with Gasteiger partial charge in [0.2, 0.25) is 0 Å². The molecule has 0 saturated carbocycles. The topological polar surface area (TPSA) is 113 Å². The fraction of sp³-hybridized carbons (Fsp3) is 0.818. The van der Waals surface area contributed by atoms with Crippen LogP contribution >= 0.6 is 0 Å². The first-order valence-electron chi connectivity index (χ1n) is 6.33. The van der Waals surface area contributed by atoms with Gasteiger partial charge in [-0.25, -0.2) is 0 Å². The van der Waals surface area contributed by atoms with Gasteiger partial charge < -0.3 is 9.84 Å². The number of hydrogen-bond acceptors (Lipinski definition) is 5. The Balaban J connectivity index is 2.54. The molecule has 0 amide bonds. The van der Waals surface area contributed by atoms with Crippen LogP contribution in [0.1, 0.15) is 26.2 Å². The van der Waals surface area contributed by atoms with Crippen molar-refractivity contribution in [2.75, 3.05) is 20.2 Å². The van der Waals surface area contributed by atoms with Crippen LogP contribution in [0.4, 0.5) is 0 Å². The number of nitrogens with one attached hydrogen (secondary N) is 1. The minimum Gasteiger partial charge on any atom is -0.481 e. The fourth-order valence-electron chi connectivity index (χ4n) is 2.13. The Morgan fingerprint density at radius 1 is 1.40 bits per heavy atom. The fourth-order valence-corrected chi connectivity index (χ4v) is 3.56. The maximum Gasteiger partial charge on any atom is 0.308 e. The molecule has 1 fully saturated rings. The number of rotatable bonds is 6. The Morgan fingerprint density at radius 3 is 2.40 bits per heavy atom. The summed E-state index contributed by atoms with van der Waals surface area (Å²) < 4.78 is 32.2. The molecule has 0 aliphatic carbocycles. The standard InChI is InChI=1S/C11H20N2O6S/c1-8(7-10(14)15)12-20(17,18)13-5-3-9(4-6-13)11(16)19-2/h8-9,12H,3-7H2,1-2H3,(H,14,15). The summed E-state index contributed by atoms with van der Waals surface area (Å²) in [5.41, 5.74) is 0. The molecule has 1 unspecified atom stereocenters. The number of esters is 1. The molecule has 0 spiro atoms. The van der Waals surface area contributed by atoms with Gasteiger partial charge >= 0.3 is 11.9 Å². The van der Waals surface area contributed by atoms with E-state index in [4.69, 9.17) is 5.11 Å². The molecule has 2 N–H and O–H groups in total. The molecule has 1 atom stereocenters. The molecule has 116 valence electrons. The molecule has 0 aromatic carbocycles. The minimum absolute atomic E-state index is 0.217. The van der Waals surface area contributed by atoms with Crippen molar-refractivity contribution < 1.29 is 27.9 Å². The van der Waals surface area contributed by atoms with Crippen molar-refractivity contribution in [2.45, 2.75) is 32.2 Å². The van der Waals surface area contributed by atoms with E-state index in [9.17, 15) is 18.0 Å². The van der Waals surface area contributed by atoms with Gasteiger partial charge in [-0.1, -0.05) is 0 Å². The van der Waals surface area contributed by atoms with Crippen LogP contribution in [0.5, 0.6) is 0 Å². The van der Waals surface area contributed by atoms with Crippen molar-refractivity contribution >= 4 is 22.1 Å². The normalized spacial score (nSPS) is 19.5. The van der Waals surface area contributed by atoms with Gasteiger partial charge in [-0.15, -0.1) is 0 Å². The van der Waals surface area contributed by atoms with Gasteiger partial charge in [0.25, 0.3) is 10.2 Å². The molecule has 1 heterocycles. The van der Waals surface area contributed by atoms with Crippen molar-refractivity contribution in [3.05, 3.63) is 0 Å². The molecule has 9 heteroatoms. The number of hydrogen-bond donors (Lipinski definition) is 2. The minimum atomic E-state index is -3.72. The van der Waals surface area contributed by atoms with E-state index < -0.39 is 22.2 Å². The average Bonchev–Trinajstić information content (AvgIpc) is 2.36. The summed E-state index contributed by atoms with van der Waals surface area (Å²) in [5.74, 6) is -1.67. The first-order valence-corrected chi connectivity index (χ1v) is 7.77. The number of aliphatic carboxylic acids is 1. The largest absolute Gasteiger partial charge is 0.481 e. The Hall–Kier alpha value is -1.19. The van der Waals surface area contributed by atoms with Crippen molar-refractivity contribution in [1.29, 1.82) is 0 Å². The van der Waals surface area contributed by atoms with Gasteiger partial charge in [0.15, 0.2) is 0 Å². The van der Waals surface area contributed by atoms with E-state index in [1.165, 1.54) is 18.3 Å². The SMILES string of the molecule is COC(=O)C1CCN(S(=O)(=O)NC(C)CC(=O)O)CC1. The van der Waals surface area contributed by atoms with Crippen LogP contribution in [-0.4, -0.2) is 56.0 Å². The lowest BCUT2D eigenvalue weighted by Gasteiger charge is -2.30. The number of carboxylic acids is 1. The first kappa shape index (κ1) is 16.9. The molecule has 8 nitrogen and oxygen atoms in total. The Morgan fingerprint density at radius 2 is 1.95 bits per heavy atom. The molecule has 0 aromatic heterocycles. The van der Waals surface area contributed by atoms with Crippen LogP contribution in [0.2, 0.25) is 0 Å². The molecule has 0 bridgehead atoms. The Labute approximate surface area is 118 Å². The number of ether oxygens (including phenoxy) is 1. The molecule has 0 radical (unpaired) electrons. The highest BCUT2D eigenvalue weighted by atomic mass is 32.2. The third-order valence-corrected chi connectivity index (χ3v) is 4.90. The monoisotopic (exact) mass is 308 g/mol. The van der Waals surface area contributed by atoms with Crippen LogP contribution < -0.4 is 4.72 Å². The van der Waals surface area contributed by atoms with Crippen LogP contribution in [0.3, 0.4) is 0 Å². The maximum absolute atomic E-state index is 12.0. The predicted molar refractivity (Wildman–Crippen MR) is 70.1 cm³/mol. The number of piperidine rings is 1. The molecule has 1 rings (SSSR count). The van der Waals surface area contributed by atoms with E-state index in [0.717, 1.165) is 0 Å². The van der Waals surface area contributed by atoms with Crippen molar-refractivity contribution in [1.82, 2.24) is 9.03 Å². The van der Waals surface area contributed by atoms with Gasteiger partial charge in [0.05, 0.1) is 19.4 Å². The van der Waals surface area contributed by atoms with Gasteiger partial charge in [-0.2, -0.15) is 17.4 Å². The molecule has 0 aromatic rings. The highest BCUT2D eigenvalue weighted by molar-refractivity contribution is 7.87. The average molecular weight is 308 g/mol. The molecular formula is C11H20N2O6S. The number of methoxy groups -OCH3 is 1. The van der Waals surface area contributed by atoms with Gasteiger partial charge in [0.1, 0.15) is 0 Å². The highest BCUT2D eigenvalue weighted by Gasteiger charge is 2.32. The molecule has 1 saturated heterocycles. The highest BCUT2D eigenvalue weighted by Crippen LogP contribution is 2.20. The molecule has 1 aliphatic rings. The van der Waals surface area contributed by atoms with Gasteiger partial charge in [-0.3, -0.25) is 9.59 Å². The lowest BCUT2D eigenvalue weighted by Crippen LogP contribution is -2.48. The summed E-state index contributed by atoms with van der Waals surface area (Å²) in [6.45, 7) is 1.93. The summed E-state index contributed by atoms with van der Waals surface area (Å²) in [5, 5.41) is 8.61. The second kappa shape index (κ2) is 7.00. The zero-order chi connectivity index (χ0) is 15.3. The van der Waals surface area contributed by atoms with E-state index in [1.54, 1.807) is 0 Å². The van der Waals surface area contributed by atoms with Crippen LogP contribution in [0.15, 0.2) is 0 Å². The van der Waals surface area contributed by atoms with Crippen molar-refractivity contribution in [3.63, 3.8) is 0 Å². The number of nitrogens with zero attached hydrogens (tertiary/aromatic N) is 1. The predicted octanol–water partition coefficient (Wildman–Crippen LogP) is -0.431. The second-order valence-corrected chi connectivity index (χ2v) is 6.52. The van der Waals surface area contributed by atoms with Crippen LogP contribution in [-0.2, 0) is 24.5 Å². The van der Waals surface area contributed by atoms with Crippen LogP contribution in [0, 0.1) is 5.92 Å². The molecular weight excluding hydrogens is 288 g/mol. The first-order chi connectivity index (χ1) is 9.26. The maximum atomic E-state index is 12.0.